The van der Waals surface area contributed by atoms with Crippen molar-refractivity contribution in [3.63, 3.8) is 0 Å². The Balaban J connectivity index is 1.46. The van der Waals surface area contributed by atoms with E-state index in [2.05, 4.69) is 5.32 Å². The van der Waals surface area contributed by atoms with E-state index in [1.54, 1.807) is 0 Å². The minimum absolute atomic E-state index is 0.0556. The molecule has 1 saturated carbocycles. The summed E-state index contributed by atoms with van der Waals surface area (Å²) in [7, 11) is 0. The molecule has 6 atom stereocenters. The number of carboxylic acid groups (broad SMARTS) is 1. The van der Waals surface area contributed by atoms with Gasteiger partial charge in [0.2, 0.25) is 5.91 Å². The molecule has 0 aromatic rings. The Morgan fingerprint density at radius 1 is 1.37 bits per heavy atom. The molecule has 3 aliphatic heterocycles. The smallest absolute Gasteiger partial charge is 0.353 e. The van der Waals surface area contributed by atoms with Gasteiger partial charge in [0.25, 0.3) is 0 Å². The summed E-state index contributed by atoms with van der Waals surface area (Å²) in [5.41, 5.74) is 0.0898. The Hall–Kier alpha value is -1.09. The first-order chi connectivity index (χ1) is 12.9. The van der Waals surface area contributed by atoms with Crippen molar-refractivity contribution in [3.8, 4) is 0 Å². The van der Waals surface area contributed by atoms with Crippen LogP contribution in [0.2, 0.25) is 0 Å². The van der Waals surface area contributed by atoms with E-state index in [4.69, 9.17) is 0 Å². The number of hydrogen-bond acceptors (Lipinski definition) is 6. The first kappa shape index (κ1) is 19.2. The number of aliphatic hydroxyl groups excluding tert-OH is 2. The summed E-state index contributed by atoms with van der Waals surface area (Å²) in [4.78, 5) is 26.1. The lowest BCUT2D eigenvalue weighted by Crippen LogP contribution is -2.61. The van der Waals surface area contributed by atoms with Crippen molar-refractivity contribution in [1.82, 2.24) is 10.2 Å². The number of β-lactam (4-membered cyclic amide) rings is 1. The van der Waals surface area contributed by atoms with E-state index in [1.165, 1.54) is 29.5 Å². The summed E-state index contributed by atoms with van der Waals surface area (Å²) in [5.74, 6) is -1.58. The van der Waals surface area contributed by atoms with Crippen LogP contribution in [-0.2, 0) is 9.59 Å². The Morgan fingerprint density at radius 2 is 2.07 bits per heavy atom. The van der Waals surface area contributed by atoms with Crippen molar-refractivity contribution < 1.29 is 24.9 Å². The van der Waals surface area contributed by atoms with E-state index >= 15 is 0 Å². The summed E-state index contributed by atoms with van der Waals surface area (Å²) in [6.07, 6.45) is 5.01. The third-order valence-corrected chi connectivity index (χ3v) is 8.29. The van der Waals surface area contributed by atoms with Gasteiger partial charge in [-0.05, 0) is 25.2 Å². The number of hydrogen-bond donors (Lipinski definition) is 4. The van der Waals surface area contributed by atoms with Gasteiger partial charge in [-0.25, -0.2) is 4.79 Å². The van der Waals surface area contributed by atoms with E-state index in [0.717, 1.165) is 30.7 Å². The van der Waals surface area contributed by atoms with Gasteiger partial charge >= 0.3 is 5.97 Å². The summed E-state index contributed by atoms with van der Waals surface area (Å²) in [6, 6.07) is -0.189. The molecule has 4 rings (SSSR count). The van der Waals surface area contributed by atoms with Gasteiger partial charge in [-0.1, -0.05) is 19.8 Å². The zero-order valence-corrected chi connectivity index (χ0v) is 16.3. The first-order valence-electron chi connectivity index (χ1n) is 9.93. The highest BCUT2D eigenvalue weighted by molar-refractivity contribution is 8.03. The number of carbonyl (C=O) groups excluding carboxylic acids is 1. The summed E-state index contributed by atoms with van der Waals surface area (Å²) >= 11 is 1.53. The second-order valence-corrected chi connectivity index (χ2v) is 9.66. The second-order valence-electron chi connectivity index (χ2n) is 8.32. The SMILES string of the molecule is C[C@H]1C(SC2CN[C@H](C(O)C3CCCC3)C2)=C(C(=O)O)N2C(=O)C(CO)C12. The van der Waals surface area contributed by atoms with Crippen LogP contribution in [0.1, 0.15) is 39.0 Å². The number of rotatable bonds is 6. The fourth-order valence-corrected chi connectivity index (χ4v) is 6.83. The molecule has 4 N–H and O–H groups in total. The van der Waals surface area contributed by atoms with Crippen molar-refractivity contribution in [3.05, 3.63) is 10.6 Å². The molecule has 2 saturated heterocycles. The van der Waals surface area contributed by atoms with Gasteiger partial charge in [-0.15, -0.1) is 11.8 Å². The zero-order valence-electron chi connectivity index (χ0n) is 15.5. The Labute approximate surface area is 163 Å². The number of nitrogens with one attached hydrogen (secondary N) is 1. The summed E-state index contributed by atoms with van der Waals surface area (Å²) in [5, 5.41) is 33.4. The van der Waals surface area contributed by atoms with Gasteiger partial charge in [0.05, 0.1) is 24.7 Å². The third kappa shape index (κ3) is 3.10. The van der Waals surface area contributed by atoms with Gasteiger partial charge in [-0.2, -0.15) is 0 Å². The largest absolute Gasteiger partial charge is 0.477 e. The number of aliphatic carboxylic acids is 1. The molecule has 1 aliphatic carbocycles. The minimum atomic E-state index is -1.08. The molecule has 4 aliphatic rings. The lowest BCUT2D eigenvalue weighted by atomic mass is 9.83. The van der Waals surface area contributed by atoms with E-state index in [1.807, 2.05) is 6.92 Å². The molecule has 1 amide bonds. The highest BCUT2D eigenvalue weighted by Crippen LogP contribution is 2.51. The number of carboxylic acids is 1. The van der Waals surface area contributed by atoms with Crippen LogP contribution in [0.4, 0.5) is 0 Å². The van der Waals surface area contributed by atoms with Crippen molar-refractivity contribution >= 4 is 23.6 Å². The maximum atomic E-state index is 12.2. The molecule has 3 heterocycles. The number of aliphatic hydroxyl groups is 2. The molecule has 8 heteroatoms. The lowest BCUT2D eigenvalue weighted by molar-refractivity contribution is -0.158. The van der Waals surface area contributed by atoms with Crippen molar-refractivity contribution in [2.24, 2.45) is 17.8 Å². The van der Waals surface area contributed by atoms with E-state index < -0.39 is 11.9 Å². The average molecular weight is 397 g/mol. The Morgan fingerprint density at radius 3 is 2.70 bits per heavy atom. The number of nitrogens with zero attached hydrogens (tertiary/aromatic N) is 1. The average Bonchev–Trinajstić information content (AvgIpc) is 3.36. The lowest BCUT2D eigenvalue weighted by Gasteiger charge is -2.44. The van der Waals surface area contributed by atoms with Gasteiger partial charge in [-0.3, -0.25) is 4.79 Å². The molecule has 27 heavy (non-hydrogen) atoms. The van der Waals surface area contributed by atoms with Gasteiger partial charge in [0, 0.05) is 28.7 Å². The molecule has 4 unspecified atom stereocenters. The van der Waals surface area contributed by atoms with Crippen LogP contribution >= 0.6 is 11.8 Å². The normalized spacial score (nSPS) is 37.7. The van der Waals surface area contributed by atoms with Crippen LogP contribution in [0.3, 0.4) is 0 Å². The Bertz CT molecular complexity index is 662. The maximum absolute atomic E-state index is 12.2. The van der Waals surface area contributed by atoms with E-state index in [-0.39, 0.29) is 47.6 Å². The quantitative estimate of drug-likeness (QED) is 0.491. The topological polar surface area (TPSA) is 110 Å². The van der Waals surface area contributed by atoms with Crippen molar-refractivity contribution in [1.29, 1.82) is 0 Å². The minimum Gasteiger partial charge on any atom is -0.477 e. The summed E-state index contributed by atoms with van der Waals surface area (Å²) in [6.45, 7) is 2.43. The third-order valence-electron chi connectivity index (χ3n) is 6.78. The fraction of sp³-hybridized carbons (Fsp3) is 0.789. The molecular formula is C19H28N2O5S. The molecule has 7 nitrogen and oxygen atoms in total. The Kier molecular flexibility index (Phi) is 5.26. The molecule has 0 aromatic carbocycles. The predicted molar refractivity (Wildman–Crippen MR) is 101 cm³/mol. The molecular weight excluding hydrogens is 368 g/mol. The van der Waals surface area contributed by atoms with Crippen LogP contribution in [0.25, 0.3) is 0 Å². The van der Waals surface area contributed by atoms with Gasteiger partial charge < -0.3 is 25.5 Å². The molecule has 3 fully saturated rings. The fourth-order valence-electron chi connectivity index (χ4n) is 5.34. The highest BCUT2D eigenvalue weighted by Gasteiger charge is 2.58. The highest BCUT2D eigenvalue weighted by atomic mass is 32.2. The van der Waals surface area contributed by atoms with Crippen LogP contribution in [-0.4, -0.2) is 68.7 Å². The van der Waals surface area contributed by atoms with Crippen LogP contribution in [0.15, 0.2) is 10.6 Å². The summed E-state index contributed by atoms with van der Waals surface area (Å²) < 4.78 is 0. The van der Waals surface area contributed by atoms with Crippen molar-refractivity contribution in [2.75, 3.05) is 13.2 Å². The molecule has 0 radical (unpaired) electrons. The number of amides is 1. The molecule has 150 valence electrons. The van der Waals surface area contributed by atoms with Crippen LogP contribution in [0, 0.1) is 17.8 Å². The maximum Gasteiger partial charge on any atom is 0.353 e. The van der Waals surface area contributed by atoms with Crippen LogP contribution < -0.4 is 5.32 Å². The molecule has 0 bridgehead atoms. The second kappa shape index (κ2) is 7.39. The van der Waals surface area contributed by atoms with Gasteiger partial charge in [0.1, 0.15) is 5.70 Å². The monoisotopic (exact) mass is 396 g/mol. The number of carbonyl (C=O) groups is 2. The standard InChI is InChI=1S/C19H28N2O5S/c1-9-14-12(8-22)18(24)21(14)15(19(25)26)17(9)27-11-6-13(20-7-11)16(23)10-4-2-3-5-10/h9-14,16,20,22-23H,2-8H2,1H3,(H,25,26)/t9-,11?,12?,13+,14?,16?/m1/s1. The zero-order chi connectivity index (χ0) is 19.3. The van der Waals surface area contributed by atoms with Crippen LogP contribution in [0.5, 0.6) is 0 Å². The number of thioether (sulfide) groups is 1. The molecule has 0 spiro atoms. The van der Waals surface area contributed by atoms with E-state index in [0.29, 0.717) is 5.92 Å². The van der Waals surface area contributed by atoms with Gasteiger partial charge in [0.15, 0.2) is 0 Å². The van der Waals surface area contributed by atoms with E-state index in [9.17, 15) is 24.9 Å². The number of fused-ring (bicyclic) bond motifs is 1. The molecule has 0 aromatic heterocycles. The first-order valence-corrected chi connectivity index (χ1v) is 10.8. The van der Waals surface area contributed by atoms with Crippen molar-refractivity contribution in [2.45, 2.75) is 62.5 Å². The predicted octanol–water partition coefficient (Wildman–Crippen LogP) is 0.766.